The molecule has 0 saturated heterocycles. The highest BCUT2D eigenvalue weighted by Crippen LogP contribution is 2.26. The Hall–Kier alpha value is -2.10. The Morgan fingerprint density at radius 3 is 2.61 bits per heavy atom. The lowest BCUT2D eigenvalue weighted by atomic mass is 9.86. The van der Waals surface area contributed by atoms with Crippen molar-refractivity contribution in [2.24, 2.45) is 13.0 Å². The van der Waals surface area contributed by atoms with E-state index in [0.29, 0.717) is 11.5 Å². The number of nitrogens with one attached hydrogen (secondary N) is 1. The number of Topliss-reactive ketones (excluding diaryl/α,β-unsaturated/α-hetero) is 1. The topological polar surface area (TPSA) is 51.1 Å². The second kappa shape index (κ2) is 6.19. The molecule has 2 aromatic rings. The number of aryl methyl sites for hydroxylation is 1. The summed E-state index contributed by atoms with van der Waals surface area (Å²) in [5, 5.41) is 3.82. The minimum absolute atomic E-state index is 0.121. The van der Waals surface area contributed by atoms with Gasteiger partial charge in [0.2, 0.25) is 0 Å². The smallest absolute Gasteiger partial charge is 0.292 e. The van der Waals surface area contributed by atoms with E-state index >= 15 is 0 Å². The van der Waals surface area contributed by atoms with Gasteiger partial charge in [0.1, 0.15) is 0 Å². The van der Waals surface area contributed by atoms with Crippen LogP contribution in [-0.2, 0) is 11.8 Å². The molecule has 23 heavy (non-hydrogen) atoms. The van der Waals surface area contributed by atoms with Crippen molar-refractivity contribution in [2.75, 3.05) is 0 Å². The molecule has 1 fully saturated rings. The second-order valence-electron chi connectivity index (χ2n) is 6.71. The third kappa shape index (κ3) is 2.78. The van der Waals surface area contributed by atoms with E-state index in [1.165, 1.54) is 6.42 Å². The highest BCUT2D eigenvalue weighted by Gasteiger charge is 2.28. The third-order valence-electron chi connectivity index (χ3n) is 5.26. The largest absolute Gasteiger partial charge is 0.347 e. The van der Waals surface area contributed by atoms with Crippen LogP contribution in [-0.4, -0.2) is 22.3 Å². The number of ketones is 1. The molecule has 1 N–H and O–H groups in total. The number of benzene rings is 1. The predicted octanol–water partition coefficient (Wildman–Crippen LogP) is 3.36. The molecule has 1 aromatic carbocycles. The summed E-state index contributed by atoms with van der Waals surface area (Å²) in [5.74, 6) is -0.450. The molecule has 4 nitrogen and oxygen atoms in total. The standard InChI is InChI=1S/C19H24N2O2/c1-12-8-4-6-10-15(12)20-19(23)18(22)17-13(2)21(3)16-11-7-5-9-14(16)17/h5,7,9,11-12,15H,4,6,8,10H2,1-3H3,(H,20,23)/t12-,15-/m1/s1. The maximum absolute atomic E-state index is 12.7. The number of fused-ring (bicyclic) bond motifs is 1. The fourth-order valence-corrected chi connectivity index (χ4v) is 3.69. The normalized spacial score (nSPS) is 21.3. The van der Waals surface area contributed by atoms with Crippen molar-refractivity contribution < 1.29 is 9.59 Å². The maximum atomic E-state index is 12.7. The van der Waals surface area contributed by atoms with Gasteiger partial charge in [0.05, 0.1) is 5.56 Å². The molecular weight excluding hydrogens is 288 g/mol. The zero-order chi connectivity index (χ0) is 16.6. The van der Waals surface area contributed by atoms with Gasteiger partial charge in [-0.2, -0.15) is 0 Å². The van der Waals surface area contributed by atoms with E-state index in [-0.39, 0.29) is 6.04 Å². The van der Waals surface area contributed by atoms with Gasteiger partial charge in [-0.3, -0.25) is 9.59 Å². The van der Waals surface area contributed by atoms with E-state index in [1.807, 2.05) is 42.8 Å². The van der Waals surface area contributed by atoms with Crippen molar-refractivity contribution in [1.82, 2.24) is 9.88 Å². The van der Waals surface area contributed by atoms with Gasteiger partial charge < -0.3 is 9.88 Å². The number of aromatic nitrogens is 1. The molecule has 0 spiro atoms. The minimum atomic E-state index is -0.469. The van der Waals surface area contributed by atoms with Crippen LogP contribution < -0.4 is 5.32 Å². The Labute approximate surface area is 136 Å². The molecule has 0 radical (unpaired) electrons. The van der Waals surface area contributed by atoms with E-state index in [1.54, 1.807) is 0 Å². The zero-order valence-corrected chi connectivity index (χ0v) is 14.1. The molecular formula is C19H24N2O2. The first-order chi connectivity index (χ1) is 11.0. The third-order valence-corrected chi connectivity index (χ3v) is 5.26. The molecule has 1 aliphatic rings. The Morgan fingerprint density at radius 1 is 1.17 bits per heavy atom. The van der Waals surface area contributed by atoms with Crippen LogP contribution in [0.4, 0.5) is 0 Å². The van der Waals surface area contributed by atoms with E-state index in [0.717, 1.165) is 35.9 Å². The molecule has 0 unspecified atom stereocenters. The van der Waals surface area contributed by atoms with Crippen LogP contribution in [0.5, 0.6) is 0 Å². The van der Waals surface area contributed by atoms with Crippen LogP contribution in [0.15, 0.2) is 24.3 Å². The molecule has 0 aliphatic heterocycles. The summed E-state index contributed by atoms with van der Waals surface area (Å²) in [6.45, 7) is 4.04. The van der Waals surface area contributed by atoms with Gasteiger partial charge in [0, 0.05) is 29.7 Å². The summed E-state index contributed by atoms with van der Waals surface area (Å²) >= 11 is 0. The van der Waals surface area contributed by atoms with Gasteiger partial charge in [-0.15, -0.1) is 0 Å². The molecule has 122 valence electrons. The average Bonchev–Trinajstić information content (AvgIpc) is 2.81. The van der Waals surface area contributed by atoms with Gasteiger partial charge in [-0.25, -0.2) is 0 Å². The number of para-hydroxylation sites is 1. The van der Waals surface area contributed by atoms with Crippen molar-refractivity contribution >= 4 is 22.6 Å². The first-order valence-corrected chi connectivity index (χ1v) is 8.40. The van der Waals surface area contributed by atoms with E-state index < -0.39 is 11.7 Å². The molecule has 2 atom stereocenters. The Morgan fingerprint density at radius 2 is 1.87 bits per heavy atom. The maximum Gasteiger partial charge on any atom is 0.292 e. The van der Waals surface area contributed by atoms with Crippen LogP contribution in [0, 0.1) is 12.8 Å². The molecule has 3 rings (SSSR count). The number of rotatable bonds is 3. The average molecular weight is 312 g/mol. The van der Waals surface area contributed by atoms with Gasteiger partial charge >= 0.3 is 0 Å². The first-order valence-electron chi connectivity index (χ1n) is 8.40. The van der Waals surface area contributed by atoms with Crippen LogP contribution in [0.1, 0.15) is 48.7 Å². The summed E-state index contributed by atoms with van der Waals surface area (Å²) in [6, 6.07) is 7.85. The quantitative estimate of drug-likeness (QED) is 0.698. The Balaban J connectivity index is 1.88. The highest BCUT2D eigenvalue weighted by molar-refractivity contribution is 6.45. The number of carbonyl (C=O) groups excluding carboxylic acids is 2. The summed E-state index contributed by atoms with van der Waals surface area (Å²) in [4.78, 5) is 25.2. The Kier molecular flexibility index (Phi) is 4.24. The summed E-state index contributed by atoms with van der Waals surface area (Å²) in [6.07, 6.45) is 4.42. The predicted molar refractivity (Wildman–Crippen MR) is 91.5 cm³/mol. The van der Waals surface area contributed by atoms with Crippen molar-refractivity contribution in [3.05, 3.63) is 35.5 Å². The molecule has 1 saturated carbocycles. The van der Waals surface area contributed by atoms with E-state index in [9.17, 15) is 9.59 Å². The number of amides is 1. The van der Waals surface area contributed by atoms with Crippen molar-refractivity contribution in [3.63, 3.8) is 0 Å². The highest BCUT2D eigenvalue weighted by atomic mass is 16.2. The number of hydrogen-bond donors (Lipinski definition) is 1. The van der Waals surface area contributed by atoms with Gasteiger partial charge in [-0.05, 0) is 31.7 Å². The molecule has 0 bridgehead atoms. The molecule has 1 aromatic heterocycles. The molecule has 1 heterocycles. The summed E-state index contributed by atoms with van der Waals surface area (Å²) < 4.78 is 1.97. The van der Waals surface area contributed by atoms with Crippen LogP contribution in [0.2, 0.25) is 0 Å². The van der Waals surface area contributed by atoms with Crippen LogP contribution in [0.25, 0.3) is 10.9 Å². The zero-order valence-electron chi connectivity index (χ0n) is 14.1. The molecule has 4 heteroatoms. The van der Waals surface area contributed by atoms with Gasteiger partial charge in [0.15, 0.2) is 0 Å². The second-order valence-corrected chi connectivity index (χ2v) is 6.71. The van der Waals surface area contributed by atoms with E-state index in [2.05, 4.69) is 12.2 Å². The molecule has 1 amide bonds. The number of carbonyl (C=O) groups is 2. The first kappa shape index (κ1) is 15.8. The van der Waals surface area contributed by atoms with Gasteiger partial charge in [-0.1, -0.05) is 38.0 Å². The number of nitrogens with zero attached hydrogens (tertiary/aromatic N) is 1. The fraction of sp³-hybridized carbons (Fsp3) is 0.474. The van der Waals surface area contributed by atoms with Crippen molar-refractivity contribution in [2.45, 2.75) is 45.6 Å². The summed E-state index contributed by atoms with van der Waals surface area (Å²) in [7, 11) is 1.93. The van der Waals surface area contributed by atoms with Crippen LogP contribution in [0.3, 0.4) is 0 Å². The van der Waals surface area contributed by atoms with Crippen molar-refractivity contribution in [1.29, 1.82) is 0 Å². The fourth-order valence-electron chi connectivity index (χ4n) is 3.69. The lowest BCUT2D eigenvalue weighted by Crippen LogP contribution is -2.44. The number of hydrogen-bond acceptors (Lipinski definition) is 2. The molecule has 1 aliphatic carbocycles. The van der Waals surface area contributed by atoms with Crippen molar-refractivity contribution in [3.8, 4) is 0 Å². The van der Waals surface area contributed by atoms with Gasteiger partial charge in [0.25, 0.3) is 11.7 Å². The lowest BCUT2D eigenvalue weighted by Gasteiger charge is -2.29. The summed E-state index contributed by atoms with van der Waals surface area (Å²) in [5.41, 5.74) is 2.35. The van der Waals surface area contributed by atoms with E-state index in [4.69, 9.17) is 0 Å². The lowest BCUT2D eigenvalue weighted by molar-refractivity contribution is -0.118. The monoisotopic (exact) mass is 312 g/mol. The minimum Gasteiger partial charge on any atom is -0.347 e. The SMILES string of the molecule is Cc1c(C(=O)C(=O)N[C@@H]2CCCC[C@H]2C)c2ccccc2n1C. The van der Waals surface area contributed by atoms with Crippen LogP contribution >= 0.6 is 0 Å². The Bertz CT molecular complexity index is 760.